The predicted molar refractivity (Wildman–Crippen MR) is 73.7 cm³/mol. The van der Waals surface area contributed by atoms with Crippen LogP contribution >= 0.6 is 11.6 Å². The molecule has 1 rings (SSSR count). The number of hydrogen-bond donors (Lipinski definition) is 2. The summed E-state index contributed by atoms with van der Waals surface area (Å²) in [6.07, 6.45) is -26.4. The monoisotopic (exact) mass is 470 g/mol. The largest absolute Gasteiger partial charge is 0.439 e. The maximum atomic E-state index is 13.3. The van der Waals surface area contributed by atoms with Gasteiger partial charge in [0.1, 0.15) is 0 Å². The zero-order valence-corrected chi connectivity index (χ0v) is 14.0. The molecule has 1 aromatic carbocycles. The lowest BCUT2D eigenvalue weighted by molar-refractivity contribution is -0.304. The molecule has 0 spiro atoms. The third kappa shape index (κ3) is 5.30. The zero-order chi connectivity index (χ0) is 23.1. The standard InChI is InChI=1S/C13H7ClF12N2O/c14-5-3-1-2-4-6(5)27-11(12(21,22)23,13(24,25)26)28-8(29)7(9(15,16)17)10(18,19)20/h1-4,7,27H,(H,28,29). The molecule has 29 heavy (non-hydrogen) atoms. The van der Waals surface area contributed by atoms with Gasteiger partial charge in [0, 0.05) is 0 Å². The van der Waals surface area contributed by atoms with Crippen LogP contribution in [0.2, 0.25) is 5.02 Å². The van der Waals surface area contributed by atoms with E-state index in [1.807, 2.05) is 0 Å². The highest BCUT2D eigenvalue weighted by molar-refractivity contribution is 6.33. The quantitative estimate of drug-likeness (QED) is 0.455. The van der Waals surface area contributed by atoms with Crippen LogP contribution in [-0.2, 0) is 4.79 Å². The van der Waals surface area contributed by atoms with Gasteiger partial charge in [-0.15, -0.1) is 0 Å². The van der Waals surface area contributed by atoms with Crippen LogP contribution in [0.5, 0.6) is 0 Å². The number of rotatable bonds is 4. The van der Waals surface area contributed by atoms with Crippen molar-refractivity contribution in [1.29, 1.82) is 0 Å². The minimum Gasteiger partial charge on any atom is -0.346 e. The molecular formula is C13H7ClF12N2O. The van der Waals surface area contributed by atoms with Gasteiger partial charge in [-0.25, -0.2) is 0 Å². The minimum atomic E-state index is -6.65. The van der Waals surface area contributed by atoms with E-state index in [2.05, 4.69) is 0 Å². The van der Waals surface area contributed by atoms with E-state index in [4.69, 9.17) is 11.6 Å². The Balaban J connectivity index is 3.61. The molecule has 3 nitrogen and oxygen atoms in total. The summed E-state index contributed by atoms with van der Waals surface area (Å²) in [5.41, 5.74) is -6.91. The summed E-state index contributed by atoms with van der Waals surface area (Å²) in [7, 11) is 0. The topological polar surface area (TPSA) is 41.1 Å². The van der Waals surface area contributed by atoms with Crippen molar-refractivity contribution in [2.75, 3.05) is 5.32 Å². The number of carbonyl (C=O) groups excluding carboxylic acids is 1. The Labute approximate surface area is 158 Å². The van der Waals surface area contributed by atoms with Gasteiger partial charge in [0.15, 0.2) is 0 Å². The Morgan fingerprint density at radius 2 is 1.21 bits per heavy atom. The van der Waals surface area contributed by atoms with Crippen molar-refractivity contribution >= 4 is 23.2 Å². The molecule has 1 amide bonds. The van der Waals surface area contributed by atoms with E-state index in [1.165, 1.54) is 0 Å². The maximum Gasteiger partial charge on any atom is 0.439 e. The fourth-order valence-electron chi connectivity index (χ4n) is 1.98. The average Bonchev–Trinajstić information content (AvgIpc) is 2.42. The second-order valence-corrected chi connectivity index (χ2v) is 5.76. The van der Waals surface area contributed by atoms with Gasteiger partial charge in [0.25, 0.3) is 0 Å². The molecule has 0 bridgehead atoms. The molecule has 0 aliphatic carbocycles. The molecule has 0 aliphatic rings. The number of benzene rings is 1. The van der Waals surface area contributed by atoms with Crippen molar-refractivity contribution in [3.05, 3.63) is 29.3 Å². The first-order chi connectivity index (χ1) is 12.7. The number of para-hydroxylation sites is 1. The summed E-state index contributed by atoms with van der Waals surface area (Å²) < 4.78 is 155. The maximum absolute atomic E-state index is 13.3. The smallest absolute Gasteiger partial charge is 0.346 e. The van der Waals surface area contributed by atoms with Crippen LogP contribution in [0.15, 0.2) is 24.3 Å². The first-order valence-corrected chi connectivity index (χ1v) is 7.23. The van der Waals surface area contributed by atoms with E-state index in [9.17, 15) is 57.5 Å². The van der Waals surface area contributed by atoms with E-state index in [0.29, 0.717) is 11.4 Å². The van der Waals surface area contributed by atoms with Crippen LogP contribution in [0.1, 0.15) is 0 Å². The van der Waals surface area contributed by atoms with Gasteiger partial charge in [-0.1, -0.05) is 23.7 Å². The molecule has 0 radical (unpaired) electrons. The summed E-state index contributed by atoms with van der Waals surface area (Å²) in [6, 6.07) is 3.21. The lowest BCUT2D eigenvalue weighted by Gasteiger charge is -2.40. The highest BCUT2D eigenvalue weighted by atomic mass is 35.5. The van der Waals surface area contributed by atoms with Gasteiger partial charge in [-0.3, -0.25) is 4.79 Å². The van der Waals surface area contributed by atoms with Crippen LogP contribution < -0.4 is 10.6 Å². The molecule has 2 N–H and O–H groups in total. The van der Waals surface area contributed by atoms with Gasteiger partial charge in [-0.05, 0) is 12.1 Å². The Morgan fingerprint density at radius 3 is 1.55 bits per heavy atom. The Morgan fingerprint density at radius 1 is 0.793 bits per heavy atom. The second-order valence-electron chi connectivity index (χ2n) is 5.36. The number of hydrogen-bond acceptors (Lipinski definition) is 2. The Kier molecular flexibility index (Phi) is 6.58. The van der Waals surface area contributed by atoms with Crippen molar-refractivity contribution in [2.24, 2.45) is 5.92 Å². The van der Waals surface area contributed by atoms with Crippen LogP contribution in [-0.4, -0.2) is 36.3 Å². The normalized spacial score (nSPS) is 14.1. The van der Waals surface area contributed by atoms with Gasteiger partial charge in [0.05, 0.1) is 10.7 Å². The summed E-state index contributed by atoms with van der Waals surface area (Å²) in [6.45, 7) is 0. The lowest BCUT2D eigenvalue weighted by Crippen LogP contribution is -2.73. The number of halogens is 13. The van der Waals surface area contributed by atoms with Crippen LogP contribution in [0, 0.1) is 5.92 Å². The van der Waals surface area contributed by atoms with Crippen molar-refractivity contribution in [3.8, 4) is 0 Å². The summed E-state index contributed by atoms with van der Waals surface area (Å²) >= 11 is 5.40. The van der Waals surface area contributed by atoms with Gasteiger partial charge in [-0.2, -0.15) is 52.7 Å². The van der Waals surface area contributed by atoms with E-state index in [1.54, 1.807) is 0 Å². The molecule has 0 saturated carbocycles. The molecule has 0 unspecified atom stereocenters. The van der Waals surface area contributed by atoms with E-state index >= 15 is 0 Å². The third-order valence-corrected chi connectivity index (χ3v) is 3.60. The van der Waals surface area contributed by atoms with E-state index < -0.39 is 52.9 Å². The van der Waals surface area contributed by atoms with Crippen molar-refractivity contribution in [1.82, 2.24) is 5.32 Å². The molecule has 16 heteroatoms. The summed E-state index contributed by atoms with van der Waals surface area (Å²) in [5.74, 6) is -8.79. The zero-order valence-electron chi connectivity index (χ0n) is 13.2. The summed E-state index contributed by atoms with van der Waals surface area (Å²) in [4.78, 5) is 11.4. The first-order valence-electron chi connectivity index (χ1n) is 6.85. The van der Waals surface area contributed by atoms with E-state index in [-0.39, 0.29) is 5.32 Å². The number of nitrogens with one attached hydrogen (secondary N) is 2. The molecule has 166 valence electrons. The Bertz CT molecular complexity index is 709. The molecule has 1 aromatic rings. The predicted octanol–water partition coefficient (Wildman–Crippen LogP) is 5.43. The third-order valence-electron chi connectivity index (χ3n) is 3.27. The summed E-state index contributed by atoms with van der Waals surface area (Å²) in [5, 5.41) is -0.322. The van der Waals surface area contributed by atoms with Crippen LogP contribution in [0.3, 0.4) is 0 Å². The molecule has 0 heterocycles. The van der Waals surface area contributed by atoms with Crippen molar-refractivity contribution < 1.29 is 57.5 Å². The number of alkyl halides is 12. The fourth-order valence-corrected chi connectivity index (χ4v) is 2.16. The molecular weight excluding hydrogens is 464 g/mol. The van der Waals surface area contributed by atoms with Crippen molar-refractivity contribution in [3.63, 3.8) is 0 Å². The van der Waals surface area contributed by atoms with Crippen LogP contribution in [0.4, 0.5) is 58.4 Å². The molecule has 0 aliphatic heterocycles. The minimum absolute atomic E-state index is 0.199. The highest BCUT2D eigenvalue weighted by Crippen LogP contribution is 2.46. The first kappa shape index (κ1) is 25.0. The number of anilines is 1. The molecule has 0 fully saturated rings. The lowest BCUT2D eigenvalue weighted by atomic mass is 10.0. The number of carbonyl (C=O) groups is 1. The van der Waals surface area contributed by atoms with E-state index in [0.717, 1.165) is 18.2 Å². The average molecular weight is 471 g/mol. The van der Waals surface area contributed by atoms with Gasteiger partial charge in [0.2, 0.25) is 11.8 Å². The van der Waals surface area contributed by atoms with Gasteiger partial charge >= 0.3 is 30.4 Å². The fraction of sp³-hybridized carbons (Fsp3) is 0.462. The van der Waals surface area contributed by atoms with Crippen LogP contribution in [0.25, 0.3) is 0 Å². The van der Waals surface area contributed by atoms with Crippen molar-refractivity contribution in [2.45, 2.75) is 30.4 Å². The molecule has 0 atom stereocenters. The SMILES string of the molecule is O=C(NC(Nc1ccccc1Cl)(C(F)(F)F)C(F)(F)F)C(C(F)(F)F)C(F)(F)F. The number of amides is 1. The molecule has 0 aromatic heterocycles. The Hall–Kier alpha value is -2.06. The second kappa shape index (κ2) is 7.65. The molecule has 0 saturated heterocycles. The highest BCUT2D eigenvalue weighted by Gasteiger charge is 2.74. The van der Waals surface area contributed by atoms with Gasteiger partial charge < -0.3 is 10.6 Å².